The van der Waals surface area contributed by atoms with E-state index in [-0.39, 0.29) is 55.5 Å². The van der Waals surface area contributed by atoms with E-state index < -0.39 is 12.1 Å². The van der Waals surface area contributed by atoms with Gasteiger partial charge in [0.25, 0.3) is 0 Å². The number of hydrogen-bond donors (Lipinski definition) is 5. The Balaban J connectivity index is 0.000000256. The minimum absolute atomic E-state index is 0.0173. The van der Waals surface area contributed by atoms with Crippen LogP contribution in [0.1, 0.15) is 144 Å². The standard InChI is InChI=1S/C35H44N2O4.C25H33NO2.C9H13NO.C6H15N/c38-27-31(26-30-18-8-3-9-19-30)36-35(40)37-25-11-10-24-33(37)34(39)41-32(22-12-20-28-14-4-1-5-15-28)23-13-21-29-16-6-2-7-17-29;27-25(24-19-7-8-20-26-24)28-23(17-9-15-21-11-3-1-4-12-21)18-10-16-22-13-5-2-6-14-22;10-9(7-11)6-8-4-2-1-3-5-8;1-4-7(5-2)6-3/h1-9,14-19,31-33,38H,10-13,20-27H2,(H,36,40);1-6,11-14,23-24,26H,7-10,15-20H2;1-5,9,11H,6-7,10H2;4-6H2,1-3H3/t31-,33+;24-;9-;/m101./s1. The molecule has 0 radical (unpaired) electrons. The second-order valence-electron chi connectivity index (χ2n) is 23.1. The Morgan fingerprint density at radius 2 is 0.897 bits per heavy atom. The average molecular weight is 1190 g/mol. The number of aliphatic hydroxyl groups is 2. The summed E-state index contributed by atoms with van der Waals surface area (Å²) in [6, 6.07) is 60.0. The van der Waals surface area contributed by atoms with Crippen molar-refractivity contribution in [2.75, 3.05) is 45.9 Å². The van der Waals surface area contributed by atoms with Crippen LogP contribution < -0.4 is 16.4 Å². The first kappa shape index (κ1) is 71.1. The Kier molecular flexibility index (Phi) is 35.8. The van der Waals surface area contributed by atoms with Crippen LogP contribution >= 0.6 is 0 Å². The third-order valence-electron chi connectivity index (χ3n) is 16.3. The Hall–Kier alpha value is -6.67. The molecule has 0 aliphatic carbocycles. The number of ether oxygens (including phenoxy) is 2. The lowest BCUT2D eigenvalue weighted by Crippen LogP contribution is -2.55. The molecule has 12 nitrogen and oxygen atoms in total. The summed E-state index contributed by atoms with van der Waals surface area (Å²) in [5.41, 5.74) is 13.0. The minimum Gasteiger partial charge on any atom is -0.461 e. The van der Waals surface area contributed by atoms with Gasteiger partial charge in [0, 0.05) is 12.6 Å². The highest BCUT2D eigenvalue weighted by molar-refractivity contribution is 5.84. The first-order chi connectivity index (χ1) is 42.6. The van der Waals surface area contributed by atoms with Crippen LogP contribution in [-0.2, 0) is 57.6 Å². The highest BCUT2D eigenvalue weighted by Crippen LogP contribution is 2.23. The van der Waals surface area contributed by atoms with Crippen molar-refractivity contribution in [1.82, 2.24) is 20.4 Å². The fraction of sp³-hybridized carbons (Fsp3) is 0.480. The van der Waals surface area contributed by atoms with Crippen molar-refractivity contribution >= 4 is 18.0 Å². The van der Waals surface area contributed by atoms with E-state index in [1.807, 2.05) is 72.8 Å². The maximum atomic E-state index is 13.5. The lowest BCUT2D eigenvalue weighted by Gasteiger charge is -2.36. The number of urea groups is 1. The van der Waals surface area contributed by atoms with Gasteiger partial charge >= 0.3 is 18.0 Å². The fourth-order valence-electron chi connectivity index (χ4n) is 11.2. The molecule has 2 heterocycles. The molecule has 472 valence electrons. The number of aryl methyl sites for hydroxylation is 4. The van der Waals surface area contributed by atoms with E-state index >= 15 is 0 Å². The van der Waals surface area contributed by atoms with E-state index in [9.17, 15) is 19.5 Å². The predicted octanol–water partition coefficient (Wildman–Crippen LogP) is 13.1. The van der Waals surface area contributed by atoms with Gasteiger partial charge in [-0.3, -0.25) is 4.79 Å². The molecule has 2 fully saturated rings. The first-order valence-electron chi connectivity index (χ1n) is 32.8. The van der Waals surface area contributed by atoms with Gasteiger partial charge in [0.2, 0.25) is 0 Å². The second kappa shape index (κ2) is 43.9. The second-order valence-corrected chi connectivity index (χ2v) is 23.1. The van der Waals surface area contributed by atoms with Gasteiger partial charge in [-0.25, -0.2) is 9.59 Å². The predicted molar refractivity (Wildman–Crippen MR) is 355 cm³/mol. The lowest BCUT2D eigenvalue weighted by molar-refractivity contribution is -0.156. The molecule has 4 atom stereocenters. The monoisotopic (exact) mass is 1190 g/mol. The van der Waals surface area contributed by atoms with Crippen molar-refractivity contribution < 1.29 is 34.1 Å². The Morgan fingerprint density at radius 1 is 0.517 bits per heavy atom. The smallest absolute Gasteiger partial charge is 0.329 e. The number of nitrogens with one attached hydrogen (secondary N) is 2. The number of rotatable bonds is 30. The molecule has 2 amide bonds. The van der Waals surface area contributed by atoms with Gasteiger partial charge in [0.15, 0.2) is 0 Å². The van der Waals surface area contributed by atoms with E-state index in [1.165, 1.54) is 47.5 Å². The minimum atomic E-state index is -0.606. The maximum absolute atomic E-state index is 13.5. The highest BCUT2D eigenvalue weighted by atomic mass is 16.5. The fourth-order valence-corrected chi connectivity index (χ4v) is 11.2. The van der Waals surface area contributed by atoms with Crippen LogP contribution in [0.3, 0.4) is 0 Å². The number of aliphatic hydroxyl groups excluding tert-OH is 2. The summed E-state index contributed by atoms with van der Waals surface area (Å²) in [7, 11) is 0. The number of carbonyl (C=O) groups is 3. The van der Waals surface area contributed by atoms with Crippen molar-refractivity contribution in [2.24, 2.45) is 5.73 Å². The SMILES string of the molecule is CCN(CC)CC.N[C@@H](CO)Cc1ccccc1.O=C(OC(CCCc1ccccc1)CCCc1ccccc1)[C@@H]1CCCCN1.O=C(OC(CCCc1ccccc1)CCCc1ccccc1)[C@@H]1CCCCN1C(=O)N[C@@H](CO)Cc1ccccc1. The maximum Gasteiger partial charge on any atom is 0.329 e. The molecule has 6 aromatic rings. The number of benzene rings is 6. The molecule has 0 unspecified atom stereocenters. The molecular formula is C75H105N5O7. The molecule has 12 heteroatoms. The Labute approximate surface area is 522 Å². The largest absolute Gasteiger partial charge is 0.461 e. The van der Waals surface area contributed by atoms with Crippen molar-refractivity contribution in [3.8, 4) is 0 Å². The topological polar surface area (TPSA) is 167 Å². The van der Waals surface area contributed by atoms with Gasteiger partial charge in [-0.15, -0.1) is 0 Å². The first-order valence-corrected chi connectivity index (χ1v) is 32.8. The molecule has 8 rings (SSSR count). The van der Waals surface area contributed by atoms with Crippen molar-refractivity contribution in [1.29, 1.82) is 0 Å². The summed E-state index contributed by atoms with van der Waals surface area (Å²) >= 11 is 0. The highest BCUT2D eigenvalue weighted by Gasteiger charge is 2.35. The van der Waals surface area contributed by atoms with Crippen LogP contribution in [0, 0.1) is 0 Å². The Bertz CT molecular complexity index is 2570. The molecule has 6 N–H and O–H groups in total. The molecule has 2 saturated heterocycles. The van der Waals surface area contributed by atoms with Crippen LogP contribution in [0.25, 0.3) is 0 Å². The Morgan fingerprint density at radius 3 is 1.25 bits per heavy atom. The summed E-state index contributed by atoms with van der Waals surface area (Å²) in [5, 5.41) is 24.9. The van der Waals surface area contributed by atoms with E-state index in [0.717, 1.165) is 128 Å². The molecule has 0 spiro atoms. The quantitative estimate of drug-likeness (QED) is 0.0274. The number of amides is 2. The molecule has 2 aliphatic rings. The van der Waals surface area contributed by atoms with Gasteiger partial charge in [-0.05, 0) is 182 Å². The van der Waals surface area contributed by atoms with E-state index in [4.69, 9.17) is 20.3 Å². The van der Waals surface area contributed by atoms with Crippen LogP contribution in [0.2, 0.25) is 0 Å². The molecular weight excluding hydrogens is 1080 g/mol. The van der Waals surface area contributed by atoms with Gasteiger partial charge in [-0.1, -0.05) is 209 Å². The number of hydrogen-bond acceptors (Lipinski definition) is 10. The van der Waals surface area contributed by atoms with Gasteiger partial charge in [0.1, 0.15) is 24.3 Å². The number of piperidine rings is 2. The van der Waals surface area contributed by atoms with Crippen LogP contribution in [0.5, 0.6) is 0 Å². The van der Waals surface area contributed by atoms with Gasteiger partial charge in [0.05, 0.1) is 19.3 Å². The van der Waals surface area contributed by atoms with Gasteiger partial charge < -0.3 is 45.9 Å². The van der Waals surface area contributed by atoms with Crippen molar-refractivity contribution in [3.05, 3.63) is 215 Å². The number of nitrogens with two attached hydrogens (primary N) is 1. The number of esters is 2. The van der Waals surface area contributed by atoms with Crippen LogP contribution in [0.4, 0.5) is 4.79 Å². The summed E-state index contributed by atoms with van der Waals surface area (Å²) in [6.45, 7) is 11.4. The zero-order chi connectivity index (χ0) is 61.9. The number of likely N-dealkylation sites (tertiary alicyclic amines) is 1. The van der Waals surface area contributed by atoms with Crippen LogP contribution in [0.15, 0.2) is 182 Å². The van der Waals surface area contributed by atoms with E-state index in [0.29, 0.717) is 19.4 Å². The molecule has 0 saturated carbocycles. The summed E-state index contributed by atoms with van der Waals surface area (Å²) in [4.78, 5) is 43.4. The zero-order valence-electron chi connectivity index (χ0n) is 52.8. The number of carbonyl (C=O) groups excluding carboxylic acids is 3. The summed E-state index contributed by atoms with van der Waals surface area (Å²) in [5.74, 6) is -0.364. The number of nitrogens with zero attached hydrogens (tertiary/aromatic N) is 2. The van der Waals surface area contributed by atoms with Crippen molar-refractivity contribution in [3.63, 3.8) is 0 Å². The summed E-state index contributed by atoms with van der Waals surface area (Å²) in [6.07, 6.45) is 17.9. The van der Waals surface area contributed by atoms with Gasteiger partial charge in [-0.2, -0.15) is 0 Å². The third-order valence-corrected chi connectivity index (χ3v) is 16.3. The van der Waals surface area contributed by atoms with E-state index in [2.05, 4.69) is 145 Å². The molecule has 2 aliphatic heterocycles. The molecule has 6 aromatic carbocycles. The normalized spacial score (nSPS) is 15.3. The lowest BCUT2D eigenvalue weighted by atomic mass is 10.00. The third kappa shape index (κ3) is 29.7. The average Bonchev–Trinajstić information content (AvgIpc) is 3.77. The van der Waals surface area contributed by atoms with Crippen LogP contribution in [-0.4, -0.2) is 120 Å². The summed E-state index contributed by atoms with van der Waals surface area (Å²) < 4.78 is 12.1. The molecule has 87 heavy (non-hydrogen) atoms. The zero-order valence-corrected chi connectivity index (χ0v) is 52.8. The van der Waals surface area contributed by atoms with Crippen molar-refractivity contribution in [2.45, 2.75) is 186 Å². The molecule has 0 bridgehead atoms. The molecule has 0 aromatic heterocycles. The van der Waals surface area contributed by atoms with E-state index in [1.54, 1.807) is 4.90 Å².